The second-order valence-electron chi connectivity index (χ2n) is 4.75. The molecule has 6 nitrogen and oxygen atoms in total. The Morgan fingerprint density at radius 2 is 1.96 bits per heavy atom. The molecule has 0 heterocycles. The first-order valence-corrected chi connectivity index (χ1v) is 7.87. The summed E-state index contributed by atoms with van der Waals surface area (Å²) in [5, 5.41) is 21.3. The molecule has 0 spiro atoms. The van der Waals surface area contributed by atoms with Crippen molar-refractivity contribution in [3.05, 3.63) is 57.2 Å². The number of phenolic OH excluding ortho intramolecular Hbond substituents is 1. The number of aromatic hydroxyl groups is 1. The fraction of sp³-hybridized carbons (Fsp3) is 0.0588. The van der Waals surface area contributed by atoms with Gasteiger partial charge in [0, 0.05) is 9.65 Å². The van der Waals surface area contributed by atoms with Crippen molar-refractivity contribution in [3.8, 4) is 11.5 Å². The molecule has 3 N–H and O–H groups in total. The summed E-state index contributed by atoms with van der Waals surface area (Å²) in [5.41, 5.74) is 0.900. The molecule has 0 radical (unpaired) electrons. The number of methoxy groups -OCH3 is 1. The molecule has 0 aromatic heterocycles. The van der Waals surface area contributed by atoms with E-state index in [-0.39, 0.29) is 17.0 Å². The normalized spacial score (nSPS) is 10.6. The molecule has 2 aromatic rings. The molecule has 2 aromatic carbocycles. The van der Waals surface area contributed by atoms with E-state index in [1.165, 1.54) is 31.4 Å². The maximum atomic E-state index is 12.0. The average Bonchev–Trinajstić information content (AvgIpc) is 2.55. The molecule has 124 valence electrons. The van der Waals surface area contributed by atoms with Crippen molar-refractivity contribution in [2.75, 3.05) is 12.4 Å². The standard InChI is InChI=1S/C17H14INO5/c1-24-15-8-10(2-6-14(15)20)3-7-16(21)19-13-5-4-11(18)9-12(13)17(22)23/h2-9,20H,1H3,(H,19,21)(H,22,23)/b7-3+. The van der Waals surface area contributed by atoms with Gasteiger partial charge in [-0.15, -0.1) is 0 Å². The number of ether oxygens (including phenoxy) is 1. The Morgan fingerprint density at radius 3 is 2.62 bits per heavy atom. The Bertz CT molecular complexity index is 817. The number of phenols is 1. The van der Waals surface area contributed by atoms with E-state index in [2.05, 4.69) is 5.32 Å². The summed E-state index contributed by atoms with van der Waals surface area (Å²) in [4.78, 5) is 23.2. The summed E-state index contributed by atoms with van der Waals surface area (Å²) in [5.74, 6) is -1.28. The van der Waals surface area contributed by atoms with Crippen LogP contribution in [0.5, 0.6) is 11.5 Å². The number of hydrogen-bond donors (Lipinski definition) is 3. The van der Waals surface area contributed by atoms with Crippen LogP contribution in [0.2, 0.25) is 0 Å². The molecule has 7 heteroatoms. The molecular formula is C17H14INO5. The van der Waals surface area contributed by atoms with E-state index in [9.17, 15) is 19.8 Å². The molecule has 0 atom stereocenters. The number of hydrogen-bond acceptors (Lipinski definition) is 4. The van der Waals surface area contributed by atoms with Gasteiger partial charge in [0.05, 0.1) is 18.4 Å². The van der Waals surface area contributed by atoms with Gasteiger partial charge in [0.1, 0.15) is 0 Å². The van der Waals surface area contributed by atoms with E-state index in [1.807, 2.05) is 22.6 Å². The maximum absolute atomic E-state index is 12.0. The number of aromatic carboxylic acids is 1. The van der Waals surface area contributed by atoms with Gasteiger partial charge in [-0.25, -0.2) is 4.79 Å². The highest BCUT2D eigenvalue weighted by Gasteiger charge is 2.12. The van der Waals surface area contributed by atoms with Gasteiger partial charge in [0.2, 0.25) is 5.91 Å². The van der Waals surface area contributed by atoms with Gasteiger partial charge in [-0.1, -0.05) is 6.07 Å². The Labute approximate surface area is 151 Å². The summed E-state index contributed by atoms with van der Waals surface area (Å²) < 4.78 is 5.75. The van der Waals surface area contributed by atoms with Gasteiger partial charge in [0.15, 0.2) is 11.5 Å². The molecule has 2 rings (SSSR count). The third kappa shape index (κ3) is 4.48. The number of anilines is 1. The Hall–Kier alpha value is -2.55. The topological polar surface area (TPSA) is 95.9 Å². The van der Waals surface area contributed by atoms with Crippen molar-refractivity contribution < 1.29 is 24.5 Å². The van der Waals surface area contributed by atoms with E-state index in [4.69, 9.17) is 4.74 Å². The van der Waals surface area contributed by atoms with Crippen LogP contribution in [0.15, 0.2) is 42.5 Å². The number of halogens is 1. The Kier molecular flexibility index (Phi) is 5.80. The van der Waals surface area contributed by atoms with Crippen LogP contribution in [-0.2, 0) is 4.79 Å². The molecule has 24 heavy (non-hydrogen) atoms. The molecule has 0 saturated heterocycles. The van der Waals surface area contributed by atoms with Crippen molar-refractivity contribution in [3.63, 3.8) is 0 Å². The molecular weight excluding hydrogens is 425 g/mol. The van der Waals surface area contributed by atoms with Crippen molar-refractivity contribution >= 4 is 46.2 Å². The molecule has 0 aliphatic carbocycles. The van der Waals surface area contributed by atoms with Gasteiger partial charge in [-0.05, 0) is 64.6 Å². The molecule has 1 amide bonds. The van der Waals surface area contributed by atoms with Crippen molar-refractivity contribution in [1.82, 2.24) is 0 Å². The first-order chi connectivity index (χ1) is 11.4. The van der Waals surface area contributed by atoms with Crippen LogP contribution in [0, 0.1) is 3.57 Å². The number of nitrogens with one attached hydrogen (secondary N) is 1. The highest BCUT2D eigenvalue weighted by molar-refractivity contribution is 14.1. The minimum Gasteiger partial charge on any atom is -0.504 e. The molecule has 0 fully saturated rings. The lowest BCUT2D eigenvalue weighted by molar-refractivity contribution is -0.111. The van der Waals surface area contributed by atoms with Gasteiger partial charge in [0.25, 0.3) is 0 Å². The Balaban J connectivity index is 2.15. The van der Waals surface area contributed by atoms with Crippen molar-refractivity contribution in [1.29, 1.82) is 0 Å². The quantitative estimate of drug-likeness (QED) is 0.491. The lowest BCUT2D eigenvalue weighted by Gasteiger charge is -2.07. The fourth-order valence-corrected chi connectivity index (χ4v) is 2.44. The second kappa shape index (κ2) is 7.82. The van der Waals surface area contributed by atoms with Crippen LogP contribution < -0.4 is 10.1 Å². The van der Waals surface area contributed by atoms with Crippen LogP contribution in [0.3, 0.4) is 0 Å². The van der Waals surface area contributed by atoms with Crippen LogP contribution in [0.1, 0.15) is 15.9 Å². The summed E-state index contributed by atoms with van der Waals surface area (Å²) in [6, 6.07) is 9.38. The molecule has 0 bridgehead atoms. The minimum atomic E-state index is -1.11. The zero-order valence-corrected chi connectivity index (χ0v) is 14.8. The zero-order chi connectivity index (χ0) is 17.7. The number of carboxylic acid groups (broad SMARTS) is 1. The third-order valence-corrected chi connectivity index (χ3v) is 3.77. The molecule has 0 aliphatic rings. The number of benzene rings is 2. The first-order valence-electron chi connectivity index (χ1n) is 6.79. The lowest BCUT2D eigenvalue weighted by Crippen LogP contribution is -2.12. The summed E-state index contributed by atoms with van der Waals surface area (Å²) in [6.07, 6.45) is 2.81. The van der Waals surface area contributed by atoms with Gasteiger partial charge >= 0.3 is 5.97 Å². The number of carbonyl (C=O) groups excluding carboxylic acids is 1. The minimum absolute atomic E-state index is 0.00379. The predicted octanol–water partition coefficient (Wildman–Crippen LogP) is 3.36. The third-order valence-electron chi connectivity index (χ3n) is 3.10. The monoisotopic (exact) mass is 439 g/mol. The van der Waals surface area contributed by atoms with E-state index < -0.39 is 11.9 Å². The van der Waals surface area contributed by atoms with Gasteiger partial charge in [-0.3, -0.25) is 4.79 Å². The number of carbonyl (C=O) groups is 2. The van der Waals surface area contributed by atoms with E-state index >= 15 is 0 Å². The number of rotatable bonds is 5. The Morgan fingerprint density at radius 1 is 1.21 bits per heavy atom. The second-order valence-corrected chi connectivity index (χ2v) is 5.99. The predicted molar refractivity (Wildman–Crippen MR) is 98.4 cm³/mol. The van der Waals surface area contributed by atoms with E-state index in [0.29, 0.717) is 11.3 Å². The van der Waals surface area contributed by atoms with E-state index in [1.54, 1.807) is 24.3 Å². The first kappa shape index (κ1) is 17.8. The average molecular weight is 439 g/mol. The highest BCUT2D eigenvalue weighted by Crippen LogP contribution is 2.26. The lowest BCUT2D eigenvalue weighted by atomic mass is 10.1. The number of carboxylic acids is 1. The van der Waals surface area contributed by atoms with Crippen LogP contribution in [0.25, 0.3) is 6.08 Å². The van der Waals surface area contributed by atoms with Gasteiger partial charge < -0.3 is 20.3 Å². The fourth-order valence-electron chi connectivity index (χ4n) is 1.95. The largest absolute Gasteiger partial charge is 0.504 e. The summed E-state index contributed by atoms with van der Waals surface area (Å²) >= 11 is 2.00. The molecule has 0 unspecified atom stereocenters. The smallest absolute Gasteiger partial charge is 0.337 e. The van der Waals surface area contributed by atoms with Crippen molar-refractivity contribution in [2.24, 2.45) is 0 Å². The van der Waals surface area contributed by atoms with Crippen molar-refractivity contribution in [2.45, 2.75) is 0 Å². The maximum Gasteiger partial charge on any atom is 0.337 e. The SMILES string of the molecule is COc1cc(/C=C/C(=O)Nc2ccc(I)cc2C(=O)O)ccc1O. The molecule has 0 aliphatic heterocycles. The summed E-state index contributed by atoms with van der Waals surface area (Å²) in [6.45, 7) is 0. The highest BCUT2D eigenvalue weighted by atomic mass is 127. The summed E-state index contributed by atoms with van der Waals surface area (Å²) in [7, 11) is 1.43. The van der Waals surface area contributed by atoms with Crippen LogP contribution in [0.4, 0.5) is 5.69 Å². The van der Waals surface area contributed by atoms with Gasteiger partial charge in [-0.2, -0.15) is 0 Å². The van der Waals surface area contributed by atoms with Crippen LogP contribution >= 0.6 is 22.6 Å². The van der Waals surface area contributed by atoms with Crippen LogP contribution in [-0.4, -0.2) is 29.2 Å². The number of amides is 1. The van der Waals surface area contributed by atoms with E-state index in [0.717, 1.165) is 3.57 Å². The molecule has 0 saturated carbocycles. The zero-order valence-electron chi connectivity index (χ0n) is 12.6.